The highest BCUT2D eigenvalue weighted by Gasteiger charge is 2.32. The van der Waals surface area contributed by atoms with Gasteiger partial charge >= 0.3 is 0 Å². The molecule has 1 aromatic heterocycles. The van der Waals surface area contributed by atoms with E-state index in [1.54, 1.807) is 11.1 Å². The zero-order chi connectivity index (χ0) is 15.7. The summed E-state index contributed by atoms with van der Waals surface area (Å²) in [7, 11) is 1.93. The van der Waals surface area contributed by atoms with Crippen molar-refractivity contribution >= 4 is 23.7 Å². The number of piperazine rings is 1. The average molecular weight is 305 g/mol. The van der Waals surface area contributed by atoms with Gasteiger partial charge in [-0.25, -0.2) is 4.98 Å². The Kier molecular flexibility index (Phi) is 3.82. The maximum atomic E-state index is 12.2. The number of rotatable bonds is 3. The van der Waals surface area contributed by atoms with Crippen molar-refractivity contribution in [3.63, 3.8) is 0 Å². The highest BCUT2D eigenvalue weighted by molar-refractivity contribution is 6.04. The summed E-state index contributed by atoms with van der Waals surface area (Å²) in [5.74, 6) is 0.232. The van der Waals surface area contributed by atoms with E-state index in [0.717, 1.165) is 10.8 Å². The second kappa shape index (κ2) is 5.78. The van der Waals surface area contributed by atoms with Gasteiger partial charge < -0.3 is 14.4 Å². The first-order chi connectivity index (χ1) is 10.6. The first kappa shape index (κ1) is 14.6. The predicted octanol–water partition coefficient (Wildman–Crippen LogP) is -0.782. The van der Waals surface area contributed by atoms with Crippen LogP contribution in [0.3, 0.4) is 0 Å². The summed E-state index contributed by atoms with van der Waals surface area (Å²) in [5, 5.41) is 0. The van der Waals surface area contributed by atoms with E-state index < -0.39 is 0 Å². The Hall–Kier alpha value is -2.38. The van der Waals surface area contributed by atoms with Crippen LogP contribution in [-0.2, 0) is 21.4 Å². The Morgan fingerprint density at radius 2 is 1.77 bits per heavy atom. The quantitative estimate of drug-likeness (QED) is 0.684. The minimum atomic E-state index is -0.245. The number of nitrogens with zero attached hydrogens (tertiary/aromatic N) is 5. The summed E-state index contributed by atoms with van der Waals surface area (Å²) in [6.45, 7) is 2.40. The Morgan fingerprint density at radius 3 is 2.32 bits per heavy atom. The number of likely N-dealkylation sites (tertiary alicyclic amines) is 1. The van der Waals surface area contributed by atoms with E-state index in [9.17, 15) is 14.4 Å². The summed E-state index contributed by atoms with van der Waals surface area (Å²) in [6, 6.07) is 0. The standard InChI is InChI=1S/C14H19N5O3/c1-16-5-4-15-14(16)18-8-6-17(7-9-18)13(22)10-19-11(20)2-3-12(19)21/h4-5H,2-3,6-10H2,1H3. The molecule has 0 aliphatic carbocycles. The van der Waals surface area contributed by atoms with Gasteiger partial charge in [-0.05, 0) is 0 Å². The fourth-order valence-corrected chi connectivity index (χ4v) is 2.85. The van der Waals surface area contributed by atoms with E-state index in [1.165, 1.54) is 0 Å². The summed E-state index contributed by atoms with van der Waals surface area (Å²) in [5.41, 5.74) is 0. The second-order valence-corrected chi connectivity index (χ2v) is 5.58. The van der Waals surface area contributed by atoms with E-state index in [0.29, 0.717) is 26.2 Å². The number of amides is 3. The fraction of sp³-hybridized carbons (Fsp3) is 0.571. The third kappa shape index (κ3) is 2.68. The van der Waals surface area contributed by atoms with Crippen molar-refractivity contribution in [1.29, 1.82) is 0 Å². The Bertz CT molecular complexity index is 587. The lowest BCUT2D eigenvalue weighted by atomic mass is 10.3. The lowest BCUT2D eigenvalue weighted by Gasteiger charge is -2.35. The molecule has 3 rings (SSSR count). The molecule has 2 fully saturated rings. The summed E-state index contributed by atoms with van der Waals surface area (Å²) >= 11 is 0. The summed E-state index contributed by atoms with van der Waals surface area (Å²) in [6.07, 6.45) is 4.08. The minimum absolute atomic E-state index is 0.125. The number of anilines is 1. The normalized spacial score (nSPS) is 19.2. The van der Waals surface area contributed by atoms with Crippen LogP contribution in [-0.4, -0.2) is 69.8 Å². The molecule has 0 saturated carbocycles. The Morgan fingerprint density at radius 1 is 1.14 bits per heavy atom. The molecule has 0 unspecified atom stereocenters. The van der Waals surface area contributed by atoms with Gasteiger partial charge in [0.25, 0.3) is 0 Å². The SMILES string of the molecule is Cn1ccnc1N1CCN(C(=O)CN2C(=O)CCC2=O)CC1. The third-order valence-electron chi connectivity index (χ3n) is 4.16. The highest BCUT2D eigenvalue weighted by atomic mass is 16.2. The van der Waals surface area contributed by atoms with E-state index in [4.69, 9.17) is 0 Å². The summed E-state index contributed by atoms with van der Waals surface area (Å²) < 4.78 is 1.94. The number of aromatic nitrogens is 2. The van der Waals surface area contributed by atoms with Crippen LogP contribution in [0.5, 0.6) is 0 Å². The Labute approximate surface area is 128 Å². The van der Waals surface area contributed by atoms with Crippen molar-refractivity contribution in [2.45, 2.75) is 12.8 Å². The molecular formula is C14H19N5O3. The van der Waals surface area contributed by atoms with Crippen molar-refractivity contribution in [3.05, 3.63) is 12.4 Å². The number of imide groups is 1. The van der Waals surface area contributed by atoms with E-state index in [-0.39, 0.29) is 37.1 Å². The smallest absolute Gasteiger partial charge is 0.242 e. The molecule has 2 aliphatic heterocycles. The van der Waals surface area contributed by atoms with Crippen LogP contribution in [0.4, 0.5) is 5.95 Å². The van der Waals surface area contributed by atoms with Crippen LogP contribution in [0.25, 0.3) is 0 Å². The predicted molar refractivity (Wildman–Crippen MR) is 78.0 cm³/mol. The van der Waals surface area contributed by atoms with Crippen LogP contribution in [0.1, 0.15) is 12.8 Å². The molecule has 1 aromatic rings. The molecule has 118 valence electrons. The van der Waals surface area contributed by atoms with Crippen molar-refractivity contribution in [2.24, 2.45) is 7.05 Å². The molecule has 3 heterocycles. The third-order valence-corrected chi connectivity index (χ3v) is 4.16. The Balaban J connectivity index is 1.55. The van der Waals surface area contributed by atoms with Crippen LogP contribution in [0.15, 0.2) is 12.4 Å². The molecule has 8 nitrogen and oxygen atoms in total. The number of carbonyl (C=O) groups excluding carboxylic acids is 3. The molecule has 0 atom stereocenters. The highest BCUT2D eigenvalue weighted by Crippen LogP contribution is 2.15. The molecule has 0 spiro atoms. The van der Waals surface area contributed by atoms with Crippen LogP contribution < -0.4 is 4.90 Å². The molecule has 3 amide bonds. The van der Waals surface area contributed by atoms with E-state index in [1.807, 2.05) is 17.8 Å². The van der Waals surface area contributed by atoms with E-state index >= 15 is 0 Å². The van der Waals surface area contributed by atoms with Gasteiger partial charge in [-0.15, -0.1) is 0 Å². The molecule has 8 heteroatoms. The molecule has 2 saturated heterocycles. The monoisotopic (exact) mass is 305 g/mol. The maximum absolute atomic E-state index is 12.2. The van der Waals surface area contributed by atoms with Gasteiger partial charge in [0, 0.05) is 58.5 Å². The number of hydrogen-bond acceptors (Lipinski definition) is 5. The molecule has 2 aliphatic rings. The van der Waals surface area contributed by atoms with Crippen molar-refractivity contribution in [1.82, 2.24) is 19.4 Å². The van der Waals surface area contributed by atoms with E-state index in [2.05, 4.69) is 9.88 Å². The molecular weight excluding hydrogens is 286 g/mol. The number of carbonyl (C=O) groups is 3. The van der Waals surface area contributed by atoms with Crippen LogP contribution >= 0.6 is 0 Å². The first-order valence-electron chi connectivity index (χ1n) is 7.39. The largest absolute Gasteiger partial charge is 0.339 e. The topological polar surface area (TPSA) is 78.8 Å². The molecule has 0 aromatic carbocycles. The second-order valence-electron chi connectivity index (χ2n) is 5.58. The van der Waals surface area contributed by atoms with Crippen LogP contribution in [0, 0.1) is 0 Å². The number of imidazole rings is 1. The van der Waals surface area contributed by atoms with Crippen molar-refractivity contribution < 1.29 is 14.4 Å². The summed E-state index contributed by atoms with van der Waals surface area (Å²) in [4.78, 5) is 44.6. The first-order valence-corrected chi connectivity index (χ1v) is 7.39. The minimum Gasteiger partial charge on any atom is -0.339 e. The number of aryl methyl sites for hydroxylation is 1. The van der Waals surface area contributed by atoms with Crippen LogP contribution in [0.2, 0.25) is 0 Å². The maximum Gasteiger partial charge on any atom is 0.242 e. The lowest BCUT2D eigenvalue weighted by Crippen LogP contribution is -2.52. The lowest BCUT2D eigenvalue weighted by molar-refractivity contribution is -0.145. The zero-order valence-electron chi connectivity index (χ0n) is 12.6. The van der Waals surface area contributed by atoms with Gasteiger partial charge in [0.05, 0.1) is 0 Å². The van der Waals surface area contributed by atoms with Gasteiger partial charge in [0.2, 0.25) is 23.7 Å². The molecule has 0 N–H and O–H groups in total. The molecule has 0 radical (unpaired) electrons. The van der Waals surface area contributed by atoms with Gasteiger partial charge in [-0.3, -0.25) is 19.3 Å². The average Bonchev–Trinajstić information content (AvgIpc) is 3.08. The molecule has 0 bridgehead atoms. The van der Waals surface area contributed by atoms with Gasteiger partial charge in [0.1, 0.15) is 6.54 Å². The van der Waals surface area contributed by atoms with Gasteiger partial charge in [0.15, 0.2) is 0 Å². The fourth-order valence-electron chi connectivity index (χ4n) is 2.85. The van der Waals surface area contributed by atoms with Crippen molar-refractivity contribution in [2.75, 3.05) is 37.6 Å². The number of hydrogen-bond donors (Lipinski definition) is 0. The zero-order valence-corrected chi connectivity index (χ0v) is 12.6. The van der Waals surface area contributed by atoms with Gasteiger partial charge in [-0.2, -0.15) is 0 Å². The van der Waals surface area contributed by atoms with Gasteiger partial charge in [-0.1, -0.05) is 0 Å². The van der Waals surface area contributed by atoms with Crippen molar-refractivity contribution in [3.8, 4) is 0 Å². The molecule has 22 heavy (non-hydrogen) atoms.